The van der Waals surface area contributed by atoms with Gasteiger partial charge >= 0.3 is 0 Å². The first-order chi connectivity index (χ1) is 17.3. The number of carbonyl (C=O) groups is 2. The quantitative estimate of drug-likeness (QED) is 0.425. The first-order valence-electron chi connectivity index (χ1n) is 11.1. The topological polar surface area (TPSA) is 97.4 Å². The molecule has 7 nitrogen and oxygen atoms in total. The lowest BCUT2D eigenvalue weighted by Gasteiger charge is -2.06. The van der Waals surface area contributed by atoms with Crippen LogP contribution in [0, 0.1) is 12.7 Å². The van der Waals surface area contributed by atoms with Gasteiger partial charge in [-0.25, -0.2) is 4.39 Å². The van der Waals surface area contributed by atoms with Crippen LogP contribution in [0.5, 0.6) is 0 Å². The fourth-order valence-electron chi connectivity index (χ4n) is 3.73. The summed E-state index contributed by atoms with van der Waals surface area (Å²) in [6, 6.07) is 14.3. The number of halogens is 1. The van der Waals surface area contributed by atoms with Crippen molar-refractivity contribution >= 4 is 35.9 Å². The number of anilines is 1. The zero-order chi connectivity index (χ0) is 25.8. The van der Waals surface area contributed by atoms with E-state index in [4.69, 9.17) is 8.94 Å². The van der Waals surface area contributed by atoms with Crippen molar-refractivity contribution in [3.8, 4) is 11.3 Å². The number of aryl methyl sites for hydroxylation is 1. The summed E-state index contributed by atoms with van der Waals surface area (Å²) < 4.78 is 24.4. The van der Waals surface area contributed by atoms with Crippen LogP contribution < -0.4 is 21.3 Å². The fourth-order valence-corrected chi connectivity index (χ4v) is 3.73. The summed E-state index contributed by atoms with van der Waals surface area (Å²) in [7, 11) is 1.52. The summed E-state index contributed by atoms with van der Waals surface area (Å²) in [4.78, 5) is 25.6. The van der Waals surface area contributed by atoms with E-state index in [-0.39, 0.29) is 34.4 Å². The minimum absolute atomic E-state index is 0.254. The molecule has 2 aromatic carbocycles. The monoisotopic (exact) mass is 485 g/mol. The fraction of sp³-hybridized carbons (Fsp3) is 0.107. The summed E-state index contributed by atoms with van der Waals surface area (Å²) in [5.74, 6) is -0.577. The van der Waals surface area contributed by atoms with Crippen LogP contribution in [0.2, 0.25) is 0 Å². The van der Waals surface area contributed by atoms with E-state index in [0.717, 1.165) is 11.1 Å². The molecule has 0 radical (unpaired) electrons. The van der Waals surface area contributed by atoms with Gasteiger partial charge in [0, 0.05) is 29.5 Å². The van der Waals surface area contributed by atoms with Crippen molar-refractivity contribution in [2.45, 2.75) is 13.8 Å². The molecule has 2 amide bonds. The highest BCUT2D eigenvalue weighted by molar-refractivity contribution is 6.05. The van der Waals surface area contributed by atoms with E-state index in [2.05, 4.69) is 22.4 Å². The van der Waals surface area contributed by atoms with Crippen LogP contribution in [0.1, 0.15) is 38.9 Å². The first-order valence-corrected chi connectivity index (χ1v) is 11.1. The summed E-state index contributed by atoms with van der Waals surface area (Å²) in [5, 5.41) is 9.55. The summed E-state index contributed by atoms with van der Waals surface area (Å²) in [5.41, 5.74) is 3.65. The third kappa shape index (κ3) is 5.02. The average molecular weight is 486 g/mol. The van der Waals surface area contributed by atoms with E-state index >= 15 is 0 Å². The zero-order valence-electron chi connectivity index (χ0n) is 20.0. The molecular formula is C28H24FN3O4. The molecule has 0 saturated heterocycles. The number of rotatable bonds is 6. The summed E-state index contributed by atoms with van der Waals surface area (Å²) in [6.07, 6.45) is 3.63. The molecule has 2 N–H and O–H groups in total. The van der Waals surface area contributed by atoms with Crippen molar-refractivity contribution in [2.24, 2.45) is 0 Å². The standard InChI is InChI=1S/C28H24FN3O4/c1-5-18(20-7-6-8-21(14-20)27(33)31-24-13-16(2)32-36-24)15-23-17(3)35-26(25(23)28(34)30-4)19-9-11-22(29)12-10-19/h5-15H,3H2,1-2,4H3,(H,30,34)(H,31,33)/b18-5+,23-15+. The van der Waals surface area contributed by atoms with Crippen LogP contribution in [-0.4, -0.2) is 24.0 Å². The number of allylic oxidation sites excluding steroid dienone is 2. The number of aromatic nitrogens is 1. The molecule has 8 heteroatoms. The lowest BCUT2D eigenvalue weighted by molar-refractivity contribution is 0.0961. The van der Waals surface area contributed by atoms with Crippen molar-refractivity contribution in [1.82, 2.24) is 10.5 Å². The second-order valence-corrected chi connectivity index (χ2v) is 7.98. The number of benzene rings is 2. The van der Waals surface area contributed by atoms with Gasteiger partial charge in [0.25, 0.3) is 11.8 Å². The van der Waals surface area contributed by atoms with Crippen molar-refractivity contribution in [1.29, 1.82) is 0 Å². The molecule has 0 aliphatic rings. The van der Waals surface area contributed by atoms with Gasteiger partial charge in [-0.05, 0) is 67.5 Å². The highest BCUT2D eigenvalue weighted by Crippen LogP contribution is 2.23. The van der Waals surface area contributed by atoms with Gasteiger partial charge in [-0.15, -0.1) is 0 Å². The van der Waals surface area contributed by atoms with E-state index in [1.165, 1.54) is 19.2 Å². The molecule has 0 aliphatic carbocycles. The molecule has 0 unspecified atom stereocenters. The molecule has 2 aromatic heterocycles. The number of amides is 2. The Morgan fingerprint density at radius 2 is 1.78 bits per heavy atom. The molecule has 0 saturated carbocycles. The predicted octanol–water partition coefficient (Wildman–Crippen LogP) is 4.29. The largest absolute Gasteiger partial charge is 0.456 e. The van der Waals surface area contributed by atoms with Gasteiger partial charge in [0.05, 0.1) is 11.3 Å². The van der Waals surface area contributed by atoms with Crippen molar-refractivity contribution in [2.75, 3.05) is 12.4 Å². The Hall–Kier alpha value is -4.72. The van der Waals surface area contributed by atoms with Crippen LogP contribution in [0.4, 0.5) is 10.3 Å². The third-order valence-corrected chi connectivity index (χ3v) is 5.52. The number of nitrogens with zero attached hydrogens (tertiary/aromatic N) is 1. The van der Waals surface area contributed by atoms with E-state index < -0.39 is 5.82 Å². The zero-order valence-corrected chi connectivity index (χ0v) is 20.0. The van der Waals surface area contributed by atoms with E-state index in [1.54, 1.807) is 49.4 Å². The van der Waals surface area contributed by atoms with Crippen LogP contribution >= 0.6 is 0 Å². The van der Waals surface area contributed by atoms with Crippen molar-refractivity contribution in [3.05, 3.63) is 99.5 Å². The summed E-state index contributed by atoms with van der Waals surface area (Å²) in [6.45, 7) is 7.58. The summed E-state index contributed by atoms with van der Waals surface area (Å²) >= 11 is 0. The van der Waals surface area contributed by atoms with Crippen molar-refractivity contribution < 1.29 is 22.9 Å². The number of furan rings is 1. The smallest absolute Gasteiger partial charge is 0.258 e. The number of hydrogen-bond acceptors (Lipinski definition) is 5. The Morgan fingerprint density at radius 3 is 2.42 bits per heavy atom. The molecule has 0 fully saturated rings. The first kappa shape index (κ1) is 24.4. The van der Waals surface area contributed by atoms with Crippen LogP contribution in [-0.2, 0) is 0 Å². The normalized spacial score (nSPS) is 12.0. The predicted molar refractivity (Wildman–Crippen MR) is 136 cm³/mol. The number of carbonyl (C=O) groups excluding carboxylic acids is 2. The van der Waals surface area contributed by atoms with Crippen LogP contribution in [0.15, 0.2) is 69.6 Å². The molecule has 0 spiro atoms. The Labute approximate surface area is 206 Å². The Balaban J connectivity index is 1.76. The minimum atomic E-state index is -0.396. The third-order valence-electron chi connectivity index (χ3n) is 5.52. The lowest BCUT2D eigenvalue weighted by Crippen LogP contribution is -2.30. The average Bonchev–Trinajstić information content (AvgIpc) is 3.44. The number of hydrogen-bond donors (Lipinski definition) is 2. The molecule has 0 aliphatic heterocycles. The maximum Gasteiger partial charge on any atom is 0.258 e. The van der Waals surface area contributed by atoms with E-state index in [0.29, 0.717) is 22.0 Å². The lowest BCUT2D eigenvalue weighted by atomic mass is 10.00. The molecule has 182 valence electrons. The van der Waals surface area contributed by atoms with Gasteiger partial charge in [0.2, 0.25) is 5.88 Å². The Morgan fingerprint density at radius 1 is 1.06 bits per heavy atom. The van der Waals surface area contributed by atoms with E-state index in [9.17, 15) is 14.0 Å². The second kappa shape index (κ2) is 10.3. The van der Waals surface area contributed by atoms with Crippen LogP contribution in [0.3, 0.4) is 0 Å². The number of nitrogens with one attached hydrogen (secondary N) is 2. The molecule has 0 bridgehead atoms. The van der Waals surface area contributed by atoms with Gasteiger partial charge in [0.1, 0.15) is 17.0 Å². The van der Waals surface area contributed by atoms with Gasteiger partial charge < -0.3 is 14.3 Å². The van der Waals surface area contributed by atoms with Crippen molar-refractivity contribution in [3.63, 3.8) is 0 Å². The molecular weight excluding hydrogens is 461 g/mol. The van der Waals surface area contributed by atoms with Gasteiger partial charge in [-0.2, -0.15) is 0 Å². The molecule has 0 atom stereocenters. The SMILES string of the molecule is C=c1oc(-c2ccc(F)cc2)c(C(=O)NC)/c1=C/C(=C\C)c1cccc(C(=O)Nc2cc(C)no2)c1. The van der Waals surface area contributed by atoms with Gasteiger partial charge in [-0.3, -0.25) is 14.9 Å². The Kier molecular flexibility index (Phi) is 6.96. The molecule has 4 rings (SSSR count). The maximum absolute atomic E-state index is 13.5. The molecule has 36 heavy (non-hydrogen) atoms. The molecule has 2 heterocycles. The molecule has 4 aromatic rings. The maximum atomic E-state index is 13.5. The highest BCUT2D eigenvalue weighted by Gasteiger charge is 2.20. The minimum Gasteiger partial charge on any atom is -0.456 e. The second-order valence-electron chi connectivity index (χ2n) is 7.98. The highest BCUT2D eigenvalue weighted by atomic mass is 19.1. The van der Waals surface area contributed by atoms with Gasteiger partial charge in [-0.1, -0.05) is 29.9 Å². The van der Waals surface area contributed by atoms with Crippen LogP contribution in [0.25, 0.3) is 29.6 Å². The van der Waals surface area contributed by atoms with E-state index in [1.807, 2.05) is 19.1 Å². The Bertz CT molecular complexity index is 1580. The van der Waals surface area contributed by atoms with Gasteiger partial charge in [0.15, 0.2) is 0 Å².